The van der Waals surface area contributed by atoms with Crippen LogP contribution in [0.1, 0.15) is 10.5 Å². The smallest absolute Gasteiger partial charge is 0.267 e. The van der Waals surface area contributed by atoms with E-state index in [1.165, 1.54) is 6.20 Å². The van der Waals surface area contributed by atoms with Crippen LogP contribution in [0.15, 0.2) is 42.6 Å². The second kappa shape index (κ2) is 4.33. The molecule has 2 aromatic rings. The van der Waals surface area contributed by atoms with Gasteiger partial charge >= 0.3 is 0 Å². The summed E-state index contributed by atoms with van der Waals surface area (Å²) in [5, 5.41) is 0.476. The molecule has 0 spiro atoms. The van der Waals surface area contributed by atoms with E-state index in [9.17, 15) is 4.79 Å². The number of benzene rings is 1. The Balaban J connectivity index is 2.63. The van der Waals surface area contributed by atoms with E-state index in [2.05, 4.69) is 4.98 Å². The van der Waals surface area contributed by atoms with E-state index in [1.807, 2.05) is 30.3 Å². The number of nitrogens with two attached hydrogens (primary N) is 1. The van der Waals surface area contributed by atoms with Crippen molar-refractivity contribution in [3.63, 3.8) is 0 Å². The monoisotopic (exact) mass is 232 g/mol. The first-order chi connectivity index (χ1) is 7.68. The number of rotatable bonds is 2. The molecule has 2 N–H and O–H groups in total. The van der Waals surface area contributed by atoms with Crippen LogP contribution in [0.25, 0.3) is 11.1 Å². The van der Waals surface area contributed by atoms with Crippen molar-refractivity contribution in [2.24, 2.45) is 5.73 Å². The normalized spacial score (nSPS) is 10.1. The van der Waals surface area contributed by atoms with Gasteiger partial charge in [0.2, 0.25) is 0 Å². The Hall–Kier alpha value is -1.87. The van der Waals surface area contributed by atoms with Gasteiger partial charge in [-0.25, -0.2) is 4.98 Å². The van der Waals surface area contributed by atoms with Gasteiger partial charge in [-0.15, -0.1) is 0 Å². The summed E-state index contributed by atoms with van der Waals surface area (Å²) < 4.78 is 0. The summed E-state index contributed by atoms with van der Waals surface area (Å²) in [7, 11) is 0. The highest BCUT2D eigenvalue weighted by Crippen LogP contribution is 2.24. The highest BCUT2D eigenvalue weighted by Gasteiger charge is 2.11. The molecule has 2 rings (SSSR count). The number of amides is 1. The summed E-state index contributed by atoms with van der Waals surface area (Å²) in [5.41, 5.74) is 7.01. The maximum Gasteiger partial charge on any atom is 0.267 e. The van der Waals surface area contributed by atoms with Crippen molar-refractivity contribution in [2.45, 2.75) is 0 Å². The molecule has 0 atom stereocenters. The SMILES string of the molecule is NC(=O)c1ncc(Cl)cc1-c1ccccc1. The predicted molar refractivity (Wildman–Crippen MR) is 63.2 cm³/mol. The number of nitrogens with zero attached hydrogens (tertiary/aromatic N) is 1. The Morgan fingerprint density at radius 3 is 2.56 bits per heavy atom. The lowest BCUT2D eigenvalue weighted by atomic mass is 10.0. The molecule has 0 saturated carbocycles. The highest BCUT2D eigenvalue weighted by atomic mass is 35.5. The van der Waals surface area contributed by atoms with E-state index < -0.39 is 5.91 Å². The molecule has 0 aliphatic rings. The van der Waals surface area contributed by atoms with E-state index >= 15 is 0 Å². The maximum absolute atomic E-state index is 11.2. The van der Waals surface area contributed by atoms with Crippen LogP contribution in [0.4, 0.5) is 0 Å². The number of carbonyl (C=O) groups excluding carboxylic acids is 1. The van der Waals surface area contributed by atoms with Gasteiger partial charge < -0.3 is 5.73 Å². The number of primary amides is 1. The third kappa shape index (κ3) is 2.04. The third-order valence-electron chi connectivity index (χ3n) is 2.17. The van der Waals surface area contributed by atoms with Crippen molar-refractivity contribution < 1.29 is 4.79 Å². The van der Waals surface area contributed by atoms with Gasteiger partial charge in [-0.1, -0.05) is 41.9 Å². The standard InChI is InChI=1S/C12H9ClN2O/c13-9-6-10(8-4-2-1-3-5-8)11(12(14)16)15-7-9/h1-7H,(H2,14,16). The summed E-state index contributed by atoms with van der Waals surface area (Å²) >= 11 is 5.86. The number of carbonyl (C=O) groups is 1. The van der Waals surface area contributed by atoms with Crippen molar-refractivity contribution >= 4 is 17.5 Å². The molecule has 0 bridgehead atoms. The highest BCUT2D eigenvalue weighted by molar-refractivity contribution is 6.30. The lowest BCUT2D eigenvalue weighted by Gasteiger charge is -2.06. The third-order valence-corrected chi connectivity index (χ3v) is 2.38. The van der Waals surface area contributed by atoms with Crippen LogP contribution in [0.3, 0.4) is 0 Å². The molecular formula is C12H9ClN2O. The van der Waals surface area contributed by atoms with Crippen molar-refractivity contribution in [1.29, 1.82) is 0 Å². The van der Waals surface area contributed by atoms with E-state index in [1.54, 1.807) is 6.07 Å². The average Bonchev–Trinajstić information content (AvgIpc) is 2.29. The van der Waals surface area contributed by atoms with Crippen LogP contribution in [0.5, 0.6) is 0 Å². The minimum absolute atomic E-state index is 0.232. The van der Waals surface area contributed by atoms with Gasteiger partial charge in [-0.05, 0) is 11.6 Å². The molecular weight excluding hydrogens is 224 g/mol. The van der Waals surface area contributed by atoms with Gasteiger partial charge in [-0.3, -0.25) is 4.79 Å². The first-order valence-electron chi connectivity index (χ1n) is 4.69. The van der Waals surface area contributed by atoms with E-state index in [0.29, 0.717) is 10.6 Å². The van der Waals surface area contributed by atoms with E-state index in [0.717, 1.165) is 5.56 Å². The Morgan fingerprint density at radius 1 is 1.25 bits per heavy atom. The zero-order chi connectivity index (χ0) is 11.5. The topological polar surface area (TPSA) is 56.0 Å². The van der Waals surface area contributed by atoms with Gasteiger partial charge in [0.05, 0.1) is 5.02 Å². The van der Waals surface area contributed by atoms with Gasteiger partial charge in [0.15, 0.2) is 0 Å². The molecule has 4 heteroatoms. The number of hydrogen-bond acceptors (Lipinski definition) is 2. The van der Waals surface area contributed by atoms with Crippen LogP contribution >= 0.6 is 11.6 Å². The quantitative estimate of drug-likeness (QED) is 0.865. The molecule has 1 heterocycles. The summed E-state index contributed by atoms with van der Waals surface area (Å²) in [6.45, 7) is 0. The summed E-state index contributed by atoms with van der Waals surface area (Å²) in [4.78, 5) is 15.2. The fraction of sp³-hybridized carbons (Fsp3) is 0. The first kappa shape index (κ1) is 10.6. The van der Waals surface area contributed by atoms with Crippen LogP contribution in [-0.2, 0) is 0 Å². The van der Waals surface area contributed by atoms with Crippen molar-refractivity contribution in [3.05, 3.63) is 53.3 Å². The van der Waals surface area contributed by atoms with Crippen LogP contribution in [0, 0.1) is 0 Å². The molecule has 1 aromatic heterocycles. The lowest BCUT2D eigenvalue weighted by molar-refractivity contribution is 0.0996. The number of aromatic nitrogens is 1. The van der Waals surface area contributed by atoms with Crippen molar-refractivity contribution in [1.82, 2.24) is 4.98 Å². The molecule has 1 amide bonds. The number of halogens is 1. The van der Waals surface area contributed by atoms with Crippen LogP contribution < -0.4 is 5.73 Å². The van der Waals surface area contributed by atoms with E-state index in [-0.39, 0.29) is 5.69 Å². The fourth-order valence-corrected chi connectivity index (χ4v) is 1.63. The molecule has 3 nitrogen and oxygen atoms in total. The minimum atomic E-state index is -0.560. The van der Waals surface area contributed by atoms with E-state index in [4.69, 9.17) is 17.3 Å². The molecule has 80 valence electrons. The lowest BCUT2D eigenvalue weighted by Crippen LogP contribution is -2.14. The molecule has 1 aromatic carbocycles. The fourth-order valence-electron chi connectivity index (χ4n) is 1.47. The second-order valence-electron chi connectivity index (χ2n) is 3.28. The average molecular weight is 233 g/mol. The largest absolute Gasteiger partial charge is 0.364 e. The molecule has 0 aliphatic heterocycles. The Morgan fingerprint density at radius 2 is 1.94 bits per heavy atom. The molecule has 0 aliphatic carbocycles. The van der Waals surface area contributed by atoms with Crippen molar-refractivity contribution in [2.75, 3.05) is 0 Å². The number of pyridine rings is 1. The first-order valence-corrected chi connectivity index (χ1v) is 5.07. The zero-order valence-electron chi connectivity index (χ0n) is 8.35. The van der Waals surface area contributed by atoms with Gasteiger partial charge in [-0.2, -0.15) is 0 Å². The zero-order valence-corrected chi connectivity index (χ0v) is 9.11. The summed E-state index contributed by atoms with van der Waals surface area (Å²) in [6.07, 6.45) is 1.41. The predicted octanol–water partition coefficient (Wildman–Crippen LogP) is 2.50. The second-order valence-corrected chi connectivity index (χ2v) is 3.72. The number of hydrogen-bond donors (Lipinski definition) is 1. The van der Waals surface area contributed by atoms with Gasteiger partial charge in [0.1, 0.15) is 5.69 Å². The van der Waals surface area contributed by atoms with Gasteiger partial charge in [0, 0.05) is 11.8 Å². The molecule has 0 unspecified atom stereocenters. The Labute approximate surface area is 97.9 Å². The maximum atomic E-state index is 11.2. The minimum Gasteiger partial charge on any atom is -0.364 e. The molecule has 0 radical (unpaired) electrons. The van der Waals surface area contributed by atoms with Gasteiger partial charge in [0.25, 0.3) is 5.91 Å². The van der Waals surface area contributed by atoms with Crippen LogP contribution in [0.2, 0.25) is 5.02 Å². The van der Waals surface area contributed by atoms with Crippen LogP contribution in [-0.4, -0.2) is 10.9 Å². The molecule has 0 saturated heterocycles. The van der Waals surface area contributed by atoms with Crippen molar-refractivity contribution in [3.8, 4) is 11.1 Å². The molecule has 16 heavy (non-hydrogen) atoms. The summed E-state index contributed by atoms with van der Waals surface area (Å²) in [5.74, 6) is -0.560. The Bertz CT molecular complexity index is 526. The molecule has 0 fully saturated rings. The summed E-state index contributed by atoms with van der Waals surface area (Å²) in [6, 6.07) is 11.1. The Kier molecular flexibility index (Phi) is 2.88.